The van der Waals surface area contributed by atoms with Crippen LogP contribution in [0.15, 0.2) is 24.3 Å². The molecule has 20 heavy (non-hydrogen) atoms. The molecule has 8 heteroatoms. The largest absolute Gasteiger partial charge is 0.480 e. The Morgan fingerprint density at radius 3 is 2.10 bits per heavy atom. The van der Waals surface area contributed by atoms with Crippen molar-refractivity contribution in [1.82, 2.24) is 5.32 Å². The first-order valence-corrected chi connectivity index (χ1v) is 5.47. The van der Waals surface area contributed by atoms with Crippen molar-refractivity contribution in [2.75, 3.05) is 0 Å². The quantitative estimate of drug-likeness (QED) is 0.837. The van der Waals surface area contributed by atoms with E-state index in [1.807, 2.05) is 5.32 Å². The van der Waals surface area contributed by atoms with Crippen LogP contribution in [0.2, 0.25) is 0 Å². The van der Waals surface area contributed by atoms with E-state index in [0.717, 1.165) is 19.1 Å². The molecule has 0 aliphatic carbocycles. The van der Waals surface area contributed by atoms with Crippen molar-refractivity contribution in [1.29, 1.82) is 0 Å². The third-order valence-corrected chi connectivity index (χ3v) is 2.49. The van der Waals surface area contributed by atoms with Gasteiger partial charge in [-0.25, -0.2) is 4.39 Å². The molecule has 2 N–H and O–H groups in total. The minimum atomic E-state index is -4.55. The Bertz CT molecular complexity index is 498. The number of aliphatic carboxylic acids is 1. The van der Waals surface area contributed by atoms with Crippen LogP contribution in [0.3, 0.4) is 0 Å². The van der Waals surface area contributed by atoms with E-state index in [4.69, 9.17) is 5.11 Å². The molecule has 1 aromatic carbocycles. The molecule has 4 nitrogen and oxygen atoms in total. The fourth-order valence-corrected chi connectivity index (χ4v) is 1.34. The number of carboxylic acids is 1. The van der Waals surface area contributed by atoms with Crippen LogP contribution in [0.5, 0.6) is 0 Å². The predicted octanol–water partition coefficient (Wildman–Crippen LogP) is 2.31. The highest BCUT2D eigenvalue weighted by Crippen LogP contribution is 2.30. The van der Waals surface area contributed by atoms with Gasteiger partial charge in [-0.05, 0) is 24.6 Å². The Hall–Kier alpha value is -2.12. The summed E-state index contributed by atoms with van der Waals surface area (Å²) in [6, 6.07) is 1.66. The highest BCUT2D eigenvalue weighted by molar-refractivity contribution is 5.86. The van der Waals surface area contributed by atoms with Crippen LogP contribution in [-0.4, -0.2) is 23.0 Å². The molecule has 0 saturated carbocycles. The van der Waals surface area contributed by atoms with Gasteiger partial charge in [-0.2, -0.15) is 13.2 Å². The number of carbonyl (C=O) groups is 2. The first kappa shape index (κ1) is 15.9. The molecule has 0 aliphatic rings. The first-order valence-electron chi connectivity index (χ1n) is 5.47. The van der Waals surface area contributed by atoms with Crippen LogP contribution in [0.25, 0.3) is 0 Å². The number of alkyl halides is 4. The molecule has 0 fully saturated rings. The summed E-state index contributed by atoms with van der Waals surface area (Å²) in [5, 5.41) is 10.4. The van der Waals surface area contributed by atoms with Gasteiger partial charge in [0.1, 0.15) is 6.04 Å². The van der Waals surface area contributed by atoms with Crippen molar-refractivity contribution in [3.8, 4) is 0 Å². The zero-order valence-electron chi connectivity index (χ0n) is 10.2. The van der Waals surface area contributed by atoms with E-state index in [2.05, 4.69) is 0 Å². The number of amides is 1. The summed E-state index contributed by atoms with van der Waals surface area (Å²) in [7, 11) is 0. The number of benzene rings is 1. The van der Waals surface area contributed by atoms with Gasteiger partial charge in [-0.1, -0.05) is 12.1 Å². The molecule has 1 unspecified atom stereocenters. The fourth-order valence-electron chi connectivity index (χ4n) is 1.34. The molecule has 0 aromatic heterocycles. The second-order valence-corrected chi connectivity index (χ2v) is 4.05. The maximum absolute atomic E-state index is 13.7. The molecule has 0 saturated heterocycles. The Kier molecular flexibility index (Phi) is 4.69. The molecule has 1 aromatic rings. The number of carbonyl (C=O) groups excluding carboxylic acids is 1. The third-order valence-electron chi connectivity index (χ3n) is 2.49. The van der Waals surface area contributed by atoms with Crippen molar-refractivity contribution < 1.29 is 32.3 Å². The van der Waals surface area contributed by atoms with Gasteiger partial charge in [-0.15, -0.1) is 0 Å². The molecule has 0 aliphatic heterocycles. The predicted molar refractivity (Wildman–Crippen MR) is 60.5 cm³/mol. The summed E-state index contributed by atoms with van der Waals surface area (Å²) in [6.45, 7) is 1.14. The normalized spacial score (nSPS) is 14.4. The minimum absolute atomic E-state index is 0.284. The maximum atomic E-state index is 13.7. The van der Waals surface area contributed by atoms with Crippen LogP contribution >= 0.6 is 0 Å². The van der Waals surface area contributed by atoms with Gasteiger partial charge in [0, 0.05) is 0 Å². The summed E-state index contributed by atoms with van der Waals surface area (Å²) in [6.07, 6.45) is -6.79. The van der Waals surface area contributed by atoms with Gasteiger partial charge >= 0.3 is 12.1 Å². The summed E-state index contributed by atoms with van der Waals surface area (Å²) in [5.41, 5.74) is -1.25. The van der Waals surface area contributed by atoms with Gasteiger partial charge in [0.2, 0.25) is 6.17 Å². The lowest BCUT2D eigenvalue weighted by molar-refractivity contribution is -0.142. The zero-order chi connectivity index (χ0) is 15.5. The Balaban J connectivity index is 2.80. The first-order chi connectivity index (χ1) is 9.12. The molecule has 0 heterocycles. The molecule has 0 spiro atoms. The molecule has 1 amide bonds. The smallest absolute Gasteiger partial charge is 0.416 e. The number of carboxylic acid groups (broad SMARTS) is 1. The van der Waals surface area contributed by atoms with Crippen LogP contribution in [0.4, 0.5) is 17.6 Å². The van der Waals surface area contributed by atoms with Gasteiger partial charge in [0.05, 0.1) is 5.56 Å². The molecular formula is C12H11F4NO3. The number of hydrogen-bond acceptors (Lipinski definition) is 2. The number of rotatable bonds is 4. The van der Waals surface area contributed by atoms with Crippen molar-refractivity contribution in [3.05, 3.63) is 35.4 Å². The van der Waals surface area contributed by atoms with Crippen LogP contribution in [-0.2, 0) is 15.8 Å². The molecular weight excluding hydrogens is 282 g/mol. The highest BCUT2D eigenvalue weighted by atomic mass is 19.4. The van der Waals surface area contributed by atoms with Gasteiger partial charge in [0.15, 0.2) is 0 Å². The Morgan fingerprint density at radius 2 is 1.70 bits per heavy atom. The molecule has 110 valence electrons. The topological polar surface area (TPSA) is 66.4 Å². The maximum Gasteiger partial charge on any atom is 0.416 e. The number of nitrogens with one attached hydrogen (secondary N) is 1. The highest BCUT2D eigenvalue weighted by Gasteiger charge is 2.31. The van der Waals surface area contributed by atoms with Gasteiger partial charge in [0.25, 0.3) is 5.91 Å². The lowest BCUT2D eigenvalue weighted by Gasteiger charge is -2.13. The number of halogens is 4. The van der Waals surface area contributed by atoms with E-state index in [9.17, 15) is 27.2 Å². The lowest BCUT2D eigenvalue weighted by atomic mass is 10.1. The molecule has 0 radical (unpaired) electrons. The van der Waals surface area contributed by atoms with E-state index in [0.29, 0.717) is 12.1 Å². The minimum Gasteiger partial charge on any atom is -0.480 e. The van der Waals surface area contributed by atoms with E-state index >= 15 is 0 Å². The second kappa shape index (κ2) is 5.89. The standard InChI is InChI=1S/C12H11F4NO3/c1-6(11(19)20)17-10(18)9(13)7-2-4-8(5-3-7)12(14,15)16/h2-6,9H,1H3,(H,17,18)(H,19,20)/t6-,9?/m1/s1. The third kappa shape index (κ3) is 3.94. The van der Waals surface area contributed by atoms with E-state index in [1.54, 1.807) is 0 Å². The molecule has 2 atom stereocenters. The lowest BCUT2D eigenvalue weighted by Crippen LogP contribution is -2.40. The van der Waals surface area contributed by atoms with Crippen LogP contribution in [0.1, 0.15) is 24.2 Å². The molecule has 0 bridgehead atoms. The van der Waals surface area contributed by atoms with Crippen molar-refractivity contribution >= 4 is 11.9 Å². The summed E-state index contributed by atoms with van der Waals surface area (Å²) in [4.78, 5) is 21.9. The van der Waals surface area contributed by atoms with Gasteiger partial charge < -0.3 is 10.4 Å². The summed E-state index contributed by atoms with van der Waals surface area (Å²) < 4.78 is 50.6. The van der Waals surface area contributed by atoms with E-state index < -0.39 is 35.8 Å². The monoisotopic (exact) mass is 293 g/mol. The average molecular weight is 293 g/mol. The fraction of sp³-hybridized carbons (Fsp3) is 0.333. The zero-order valence-corrected chi connectivity index (χ0v) is 10.2. The van der Waals surface area contributed by atoms with Crippen molar-refractivity contribution in [2.24, 2.45) is 0 Å². The average Bonchev–Trinajstić information content (AvgIpc) is 2.36. The van der Waals surface area contributed by atoms with Gasteiger partial charge in [-0.3, -0.25) is 9.59 Å². The Labute approximate surface area is 111 Å². The summed E-state index contributed by atoms with van der Waals surface area (Å²) in [5.74, 6) is -2.57. The second-order valence-electron chi connectivity index (χ2n) is 4.05. The SMILES string of the molecule is C[C@@H](NC(=O)C(F)c1ccc(C(F)(F)F)cc1)C(=O)O. The van der Waals surface area contributed by atoms with Crippen molar-refractivity contribution in [3.63, 3.8) is 0 Å². The van der Waals surface area contributed by atoms with E-state index in [-0.39, 0.29) is 5.56 Å². The summed E-state index contributed by atoms with van der Waals surface area (Å²) >= 11 is 0. The Morgan fingerprint density at radius 1 is 1.20 bits per heavy atom. The van der Waals surface area contributed by atoms with Crippen LogP contribution < -0.4 is 5.32 Å². The molecule has 1 rings (SSSR count). The van der Waals surface area contributed by atoms with Crippen LogP contribution in [0, 0.1) is 0 Å². The van der Waals surface area contributed by atoms with Crippen molar-refractivity contribution in [2.45, 2.75) is 25.3 Å². The van der Waals surface area contributed by atoms with E-state index in [1.165, 1.54) is 0 Å². The number of hydrogen-bond donors (Lipinski definition) is 2.